The summed E-state index contributed by atoms with van der Waals surface area (Å²) in [7, 11) is -3.74. The largest absolute Gasteiger partial charge is 0.341 e. The van der Waals surface area contributed by atoms with E-state index in [1.165, 1.54) is 6.20 Å². The lowest BCUT2D eigenvalue weighted by Crippen LogP contribution is -2.48. The molecular weight excluding hydrogens is 280 g/mol. The maximum Gasteiger partial charge on any atom is 0.258 e. The van der Waals surface area contributed by atoms with Crippen LogP contribution in [-0.4, -0.2) is 48.3 Å². The van der Waals surface area contributed by atoms with Gasteiger partial charge in [0.2, 0.25) is 5.91 Å². The van der Waals surface area contributed by atoms with Crippen LogP contribution < -0.4 is 4.72 Å². The van der Waals surface area contributed by atoms with Gasteiger partial charge in [0.15, 0.2) is 5.03 Å². The highest BCUT2D eigenvalue weighted by Gasteiger charge is 2.27. The Hall–Kier alpha value is -1.41. The Labute approximate surface area is 118 Å². The molecule has 8 heteroatoms. The molecule has 0 spiro atoms. The molecule has 1 aliphatic rings. The van der Waals surface area contributed by atoms with E-state index in [4.69, 9.17) is 0 Å². The van der Waals surface area contributed by atoms with E-state index < -0.39 is 16.1 Å². The van der Waals surface area contributed by atoms with Crippen LogP contribution in [0.1, 0.15) is 32.0 Å². The molecule has 1 aliphatic heterocycles. The number of rotatable bonds is 4. The molecule has 1 aromatic heterocycles. The van der Waals surface area contributed by atoms with Crippen molar-refractivity contribution < 1.29 is 13.2 Å². The number of aromatic nitrogens is 2. The second-order valence-electron chi connectivity index (χ2n) is 5.06. The Morgan fingerprint density at radius 3 is 2.60 bits per heavy atom. The first-order valence-electron chi connectivity index (χ1n) is 6.73. The zero-order chi connectivity index (χ0) is 14.8. The van der Waals surface area contributed by atoms with Crippen molar-refractivity contribution in [1.29, 1.82) is 0 Å². The van der Waals surface area contributed by atoms with Crippen molar-refractivity contribution >= 4 is 15.9 Å². The van der Waals surface area contributed by atoms with Crippen molar-refractivity contribution in [3.63, 3.8) is 0 Å². The van der Waals surface area contributed by atoms with Gasteiger partial charge in [0.25, 0.3) is 10.0 Å². The van der Waals surface area contributed by atoms with E-state index in [1.807, 2.05) is 0 Å². The van der Waals surface area contributed by atoms with Crippen LogP contribution in [0.25, 0.3) is 0 Å². The smallest absolute Gasteiger partial charge is 0.258 e. The highest BCUT2D eigenvalue weighted by molar-refractivity contribution is 7.89. The summed E-state index contributed by atoms with van der Waals surface area (Å²) in [5.74, 6) is 0.338. The monoisotopic (exact) mass is 300 g/mol. The number of amides is 1. The van der Waals surface area contributed by atoms with Crippen molar-refractivity contribution in [3.8, 4) is 0 Å². The summed E-state index contributed by atoms with van der Waals surface area (Å²) in [5.41, 5.74) is 0. The van der Waals surface area contributed by atoms with Crippen molar-refractivity contribution in [2.75, 3.05) is 13.1 Å². The van der Waals surface area contributed by atoms with Gasteiger partial charge in [-0.05, 0) is 33.1 Å². The number of nitrogens with one attached hydrogen (secondary N) is 2. The molecule has 112 valence electrons. The maximum atomic E-state index is 12.2. The molecule has 0 bridgehead atoms. The van der Waals surface area contributed by atoms with Gasteiger partial charge in [-0.15, -0.1) is 0 Å². The molecule has 0 aromatic carbocycles. The SMILES string of the molecule is Cc1ncc(S(=O)(=O)NC(C)C(=O)N2CCCCC2)[nH]1. The molecular formula is C12H20N4O3S. The van der Waals surface area contributed by atoms with E-state index in [0.717, 1.165) is 19.3 Å². The van der Waals surface area contributed by atoms with E-state index in [0.29, 0.717) is 18.9 Å². The van der Waals surface area contributed by atoms with E-state index in [9.17, 15) is 13.2 Å². The fourth-order valence-corrected chi connectivity index (χ4v) is 3.44. The quantitative estimate of drug-likeness (QED) is 0.841. The van der Waals surface area contributed by atoms with Gasteiger partial charge in [0.1, 0.15) is 5.82 Å². The lowest BCUT2D eigenvalue weighted by atomic mass is 10.1. The molecule has 20 heavy (non-hydrogen) atoms. The lowest BCUT2D eigenvalue weighted by Gasteiger charge is -2.29. The number of hydrogen-bond acceptors (Lipinski definition) is 4. The normalized spacial score (nSPS) is 18.0. The van der Waals surface area contributed by atoms with Crippen LogP contribution in [0.3, 0.4) is 0 Å². The zero-order valence-corrected chi connectivity index (χ0v) is 12.5. The summed E-state index contributed by atoms with van der Waals surface area (Å²) in [6.07, 6.45) is 4.32. The number of sulfonamides is 1. The van der Waals surface area contributed by atoms with Crippen LogP contribution in [0, 0.1) is 6.92 Å². The predicted octanol–water partition coefficient (Wildman–Crippen LogP) is 0.397. The number of H-pyrrole nitrogens is 1. The Morgan fingerprint density at radius 2 is 2.05 bits per heavy atom. The zero-order valence-electron chi connectivity index (χ0n) is 11.7. The van der Waals surface area contributed by atoms with Crippen molar-refractivity contribution in [2.24, 2.45) is 0 Å². The molecule has 2 rings (SSSR count). The van der Waals surface area contributed by atoms with Crippen LogP contribution in [0.5, 0.6) is 0 Å². The number of carbonyl (C=O) groups excluding carboxylic acids is 1. The minimum absolute atomic E-state index is 0.0201. The second-order valence-corrected chi connectivity index (χ2v) is 6.74. The van der Waals surface area contributed by atoms with Gasteiger partial charge < -0.3 is 9.88 Å². The average molecular weight is 300 g/mol. The maximum absolute atomic E-state index is 12.2. The van der Waals surface area contributed by atoms with Gasteiger partial charge >= 0.3 is 0 Å². The number of likely N-dealkylation sites (tertiary alicyclic amines) is 1. The van der Waals surface area contributed by atoms with E-state index in [-0.39, 0.29) is 10.9 Å². The first kappa shape index (κ1) is 15.0. The van der Waals surface area contributed by atoms with Crippen molar-refractivity contribution in [2.45, 2.75) is 44.2 Å². The molecule has 1 unspecified atom stereocenters. The second kappa shape index (κ2) is 5.92. The van der Waals surface area contributed by atoms with E-state index in [1.54, 1.807) is 18.7 Å². The first-order chi connectivity index (χ1) is 9.40. The van der Waals surface area contributed by atoms with Crippen LogP contribution in [0.15, 0.2) is 11.2 Å². The van der Waals surface area contributed by atoms with Crippen LogP contribution >= 0.6 is 0 Å². The van der Waals surface area contributed by atoms with Gasteiger partial charge in [0, 0.05) is 13.1 Å². The first-order valence-corrected chi connectivity index (χ1v) is 8.21. The summed E-state index contributed by atoms with van der Waals surface area (Å²) in [6.45, 7) is 4.64. The van der Waals surface area contributed by atoms with Crippen LogP contribution in [0.4, 0.5) is 0 Å². The van der Waals surface area contributed by atoms with Crippen LogP contribution in [-0.2, 0) is 14.8 Å². The fourth-order valence-electron chi connectivity index (χ4n) is 2.27. The Bertz CT molecular complexity index is 575. The molecule has 1 amide bonds. The van der Waals surface area contributed by atoms with Crippen molar-refractivity contribution in [1.82, 2.24) is 19.6 Å². The molecule has 2 N–H and O–H groups in total. The fraction of sp³-hybridized carbons (Fsp3) is 0.667. The Kier molecular flexibility index (Phi) is 4.44. The topological polar surface area (TPSA) is 95.2 Å². The molecule has 1 atom stereocenters. The molecule has 0 radical (unpaired) electrons. The molecule has 0 saturated carbocycles. The number of aryl methyl sites for hydroxylation is 1. The molecule has 1 saturated heterocycles. The highest BCUT2D eigenvalue weighted by atomic mass is 32.2. The van der Waals surface area contributed by atoms with Crippen molar-refractivity contribution in [3.05, 3.63) is 12.0 Å². The molecule has 0 aliphatic carbocycles. The molecule has 1 fully saturated rings. The standard InChI is InChI=1S/C12H20N4O3S/c1-9(12(17)16-6-4-3-5-7-16)15-20(18,19)11-8-13-10(2)14-11/h8-9,15H,3-7H2,1-2H3,(H,13,14). The number of aromatic amines is 1. The summed E-state index contributed by atoms with van der Waals surface area (Å²) in [6, 6.07) is -0.776. The number of piperidine rings is 1. The predicted molar refractivity (Wildman–Crippen MR) is 73.5 cm³/mol. The molecule has 1 aromatic rings. The average Bonchev–Trinajstić information content (AvgIpc) is 2.86. The number of carbonyl (C=O) groups is 1. The lowest BCUT2D eigenvalue weighted by molar-refractivity contribution is -0.133. The summed E-state index contributed by atoms with van der Waals surface area (Å²) in [4.78, 5) is 20.4. The van der Waals surface area contributed by atoms with Gasteiger partial charge in [-0.2, -0.15) is 4.72 Å². The third kappa shape index (κ3) is 3.37. The number of nitrogens with zero attached hydrogens (tertiary/aromatic N) is 2. The number of imidazole rings is 1. The minimum atomic E-state index is -3.74. The van der Waals surface area contributed by atoms with Crippen LogP contribution in [0.2, 0.25) is 0 Å². The summed E-state index contributed by atoms with van der Waals surface area (Å²) < 4.78 is 26.6. The molecule has 2 heterocycles. The number of hydrogen-bond donors (Lipinski definition) is 2. The minimum Gasteiger partial charge on any atom is -0.341 e. The molecule has 7 nitrogen and oxygen atoms in total. The van der Waals surface area contributed by atoms with Gasteiger partial charge in [-0.25, -0.2) is 13.4 Å². The van der Waals surface area contributed by atoms with Gasteiger partial charge in [0.05, 0.1) is 12.2 Å². The van der Waals surface area contributed by atoms with E-state index >= 15 is 0 Å². The van der Waals surface area contributed by atoms with Gasteiger partial charge in [-0.1, -0.05) is 0 Å². The third-order valence-corrected chi connectivity index (χ3v) is 4.79. The van der Waals surface area contributed by atoms with E-state index in [2.05, 4.69) is 14.7 Å². The Balaban J connectivity index is 2.03. The highest BCUT2D eigenvalue weighted by Crippen LogP contribution is 2.11. The summed E-state index contributed by atoms with van der Waals surface area (Å²) in [5, 5.41) is -0.0201. The summed E-state index contributed by atoms with van der Waals surface area (Å²) >= 11 is 0. The van der Waals surface area contributed by atoms with Gasteiger partial charge in [-0.3, -0.25) is 4.79 Å². The third-order valence-electron chi connectivity index (χ3n) is 3.34. The Morgan fingerprint density at radius 1 is 1.40 bits per heavy atom.